The molecular weight excluding hydrogens is 572 g/mol. The molecule has 0 unspecified atom stereocenters. The van der Waals surface area contributed by atoms with Gasteiger partial charge >= 0.3 is 12.1 Å². The number of anilines is 1. The molecule has 0 aliphatic carbocycles. The van der Waals surface area contributed by atoms with Crippen molar-refractivity contribution in [2.24, 2.45) is 0 Å². The van der Waals surface area contributed by atoms with Crippen LogP contribution in [0.1, 0.15) is 46.1 Å². The van der Waals surface area contributed by atoms with Gasteiger partial charge in [-0.25, -0.2) is 18.0 Å². The summed E-state index contributed by atoms with van der Waals surface area (Å²) >= 11 is 0. The summed E-state index contributed by atoms with van der Waals surface area (Å²) in [6, 6.07) is 10.7. The summed E-state index contributed by atoms with van der Waals surface area (Å²) in [5, 5.41) is 0. The van der Waals surface area contributed by atoms with E-state index >= 15 is 0 Å². The lowest BCUT2D eigenvalue weighted by Gasteiger charge is -2.34. The second-order valence-electron chi connectivity index (χ2n) is 12.2. The minimum atomic E-state index is -3.97. The second kappa shape index (κ2) is 13.0. The van der Waals surface area contributed by atoms with Crippen LogP contribution in [0.2, 0.25) is 0 Å². The van der Waals surface area contributed by atoms with Gasteiger partial charge in [0.05, 0.1) is 4.90 Å². The Hall–Kier alpha value is -3.48. The van der Waals surface area contributed by atoms with Crippen molar-refractivity contribution in [3.05, 3.63) is 54.1 Å². The van der Waals surface area contributed by atoms with Crippen LogP contribution >= 0.6 is 0 Å². The third-order valence-corrected chi connectivity index (χ3v) is 9.49. The van der Waals surface area contributed by atoms with E-state index in [-0.39, 0.29) is 17.2 Å². The van der Waals surface area contributed by atoms with Crippen molar-refractivity contribution in [2.45, 2.75) is 70.0 Å². The number of nitrogens with zero attached hydrogens (tertiary/aromatic N) is 4. The molecular formula is C31H42N4O7S. The highest BCUT2D eigenvalue weighted by molar-refractivity contribution is 7.89. The van der Waals surface area contributed by atoms with E-state index in [0.717, 1.165) is 18.7 Å². The largest absolute Gasteiger partial charge is 0.458 e. The van der Waals surface area contributed by atoms with E-state index in [1.807, 2.05) is 14.0 Å². The van der Waals surface area contributed by atoms with E-state index in [9.17, 15) is 22.8 Å². The van der Waals surface area contributed by atoms with Gasteiger partial charge in [-0.1, -0.05) is 17.7 Å². The van der Waals surface area contributed by atoms with Gasteiger partial charge in [0.1, 0.15) is 23.4 Å². The highest BCUT2D eigenvalue weighted by Gasteiger charge is 2.44. The third-order valence-electron chi connectivity index (χ3n) is 7.57. The molecule has 12 heteroatoms. The lowest BCUT2D eigenvalue weighted by atomic mass is 10.1. The molecule has 2 heterocycles. The molecule has 2 saturated heterocycles. The van der Waals surface area contributed by atoms with E-state index < -0.39 is 45.7 Å². The number of sulfonamides is 1. The Balaban J connectivity index is 1.61. The fourth-order valence-electron chi connectivity index (χ4n) is 5.14. The highest BCUT2D eigenvalue weighted by Crippen LogP contribution is 2.31. The number of hydrogen-bond acceptors (Lipinski definition) is 8. The average Bonchev–Trinajstić information content (AvgIpc) is 3.45. The van der Waals surface area contributed by atoms with Crippen LogP contribution in [0.3, 0.4) is 0 Å². The molecule has 234 valence electrons. The van der Waals surface area contributed by atoms with Gasteiger partial charge in [-0.2, -0.15) is 4.31 Å². The van der Waals surface area contributed by atoms with Crippen molar-refractivity contribution >= 4 is 33.7 Å². The van der Waals surface area contributed by atoms with Crippen LogP contribution in [-0.4, -0.2) is 97.9 Å². The quantitative estimate of drug-likeness (QED) is 0.434. The molecule has 0 aromatic heterocycles. The Bertz CT molecular complexity index is 1410. The van der Waals surface area contributed by atoms with Crippen molar-refractivity contribution < 1.29 is 32.3 Å². The average molecular weight is 615 g/mol. The van der Waals surface area contributed by atoms with Gasteiger partial charge in [0.15, 0.2) is 0 Å². The molecule has 2 aromatic carbocycles. The summed E-state index contributed by atoms with van der Waals surface area (Å²) in [6.07, 6.45) is 0.346. The van der Waals surface area contributed by atoms with Gasteiger partial charge in [-0.05, 0) is 90.9 Å². The number of ether oxygens (including phenoxy) is 2. The van der Waals surface area contributed by atoms with E-state index in [4.69, 9.17) is 9.47 Å². The number of piperazine rings is 1. The number of carbonyl (C=O) groups is 3. The van der Waals surface area contributed by atoms with E-state index in [1.165, 1.54) is 21.3 Å². The minimum Gasteiger partial charge on any atom is -0.458 e. The molecule has 2 aliphatic rings. The third kappa shape index (κ3) is 7.73. The molecule has 0 spiro atoms. The number of likely N-dealkylation sites (N-methyl/N-ethyl adjacent to an activating group) is 1. The first-order chi connectivity index (χ1) is 20.2. The number of amides is 2. The van der Waals surface area contributed by atoms with Crippen molar-refractivity contribution in [3.8, 4) is 5.75 Å². The molecule has 11 nitrogen and oxygen atoms in total. The van der Waals surface area contributed by atoms with Gasteiger partial charge in [0.25, 0.3) is 0 Å². The predicted molar refractivity (Wildman–Crippen MR) is 162 cm³/mol. The first-order valence-corrected chi connectivity index (χ1v) is 16.0. The summed E-state index contributed by atoms with van der Waals surface area (Å²) < 4.78 is 39.6. The Morgan fingerprint density at radius 3 is 2.12 bits per heavy atom. The number of rotatable bonds is 7. The van der Waals surface area contributed by atoms with Crippen LogP contribution in [-0.2, 0) is 24.3 Å². The Morgan fingerprint density at radius 2 is 1.53 bits per heavy atom. The monoisotopic (exact) mass is 614 g/mol. The molecule has 2 amide bonds. The standard InChI is InChI=1S/C31H42N4O7S/c1-22-9-15-26(16-10-22)43(39,40)34-17-7-8-27(34)28(36)35(23(2)29(37)42-31(3,4)5)24-11-13-25(14-12-24)41-30(38)33-20-18-32(6)19-21-33/h9-16,23,27H,7-8,17-21H2,1-6H3/t23-,27-/m0/s1. The summed E-state index contributed by atoms with van der Waals surface area (Å²) in [6.45, 7) is 11.5. The van der Waals surface area contributed by atoms with Crippen LogP contribution in [0.5, 0.6) is 5.75 Å². The van der Waals surface area contributed by atoms with Crippen LogP contribution in [0.15, 0.2) is 53.4 Å². The normalized spacial score (nSPS) is 19.1. The zero-order valence-electron chi connectivity index (χ0n) is 25.8. The fraction of sp³-hybridized carbons (Fsp3) is 0.516. The number of aryl methyl sites for hydroxylation is 1. The smallest absolute Gasteiger partial charge is 0.415 e. The van der Waals surface area contributed by atoms with Crippen LogP contribution in [0, 0.1) is 6.92 Å². The van der Waals surface area contributed by atoms with E-state index in [0.29, 0.717) is 31.6 Å². The fourth-order valence-corrected chi connectivity index (χ4v) is 6.80. The second-order valence-corrected chi connectivity index (χ2v) is 14.0. The Labute approximate surface area is 254 Å². The maximum atomic E-state index is 14.2. The van der Waals surface area contributed by atoms with Crippen molar-refractivity contribution in [2.75, 3.05) is 44.7 Å². The zero-order valence-corrected chi connectivity index (χ0v) is 26.6. The first kappa shape index (κ1) is 32.4. The topological polar surface area (TPSA) is 117 Å². The molecule has 2 atom stereocenters. The highest BCUT2D eigenvalue weighted by atomic mass is 32.2. The first-order valence-electron chi connectivity index (χ1n) is 14.6. The molecule has 2 fully saturated rings. The zero-order chi connectivity index (χ0) is 31.5. The summed E-state index contributed by atoms with van der Waals surface area (Å²) in [4.78, 5) is 45.3. The van der Waals surface area contributed by atoms with E-state index in [2.05, 4.69) is 4.90 Å². The maximum absolute atomic E-state index is 14.2. The van der Waals surface area contributed by atoms with Crippen LogP contribution in [0.25, 0.3) is 0 Å². The summed E-state index contributed by atoms with van der Waals surface area (Å²) in [7, 11) is -1.97. The molecule has 0 N–H and O–H groups in total. The van der Waals surface area contributed by atoms with Crippen molar-refractivity contribution in [3.63, 3.8) is 0 Å². The number of hydrogen-bond donors (Lipinski definition) is 0. The van der Waals surface area contributed by atoms with Gasteiger partial charge in [0.2, 0.25) is 15.9 Å². The lowest BCUT2D eigenvalue weighted by Crippen LogP contribution is -2.53. The molecule has 0 saturated carbocycles. The lowest BCUT2D eigenvalue weighted by molar-refractivity contribution is -0.157. The molecule has 4 rings (SSSR count). The van der Waals surface area contributed by atoms with Gasteiger partial charge in [-0.15, -0.1) is 0 Å². The molecule has 2 aromatic rings. The molecule has 0 radical (unpaired) electrons. The van der Waals surface area contributed by atoms with Gasteiger partial charge in [0, 0.05) is 38.4 Å². The van der Waals surface area contributed by atoms with Gasteiger partial charge < -0.3 is 19.3 Å². The van der Waals surface area contributed by atoms with Crippen molar-refractivity contribution in [1.29, 1.82) is 0 Å². The van der Waals surface area contributed by atoms with E-state index in [1.54, 1.807) is 69.0 Å². The summed E-state index contributed by atoms with van der Waals surface area (Å²) in [5.74, 6) is -0.875. The number of carbonyl (C=O) groups excluding carboxylic acids is 3. The van der Waals surface area contributed by atoms with Crippen molar-refractivity contribution in [1.82, 2.24) is 14.1 Å². The summed E-state index contributed by atoms with van der Waals surface area (Å²) in [5.41, 5.74) is 0.473. The minimum absolute atomic E-state index is 0.107. The SMILES string of the molecule is Cc1ccc(S(=O)(=O)N2CCC[C@H]2C(=O)N(c2ccc(OC(=O)N3CCN(C)CC3)cc2)[C@@H](C)C(=O)OC(C)(C)C)cc1. The number of benzene rings is 2. The Kier molecular flexibility index (Phi) is 9.83. The molecule has 2 aliphatic heterocycles. The maximum Gasteiger partial charge on any atom is 0.415 e. The molecule has 0 bridgehead atoms. The van der Waals surface area contributed by atoms with Crippen LogP contribution < -0.4 is 9.64 Å². The van der Waals surface area contributed by atoms with Crippen LogP contribution in [0.4, 0.5) is 10.5 Å². The molecule has 43 heavy (non-hydrogen) atoms. The van der Waals surface area contributed by atoms with Gasteiger partial charge in [-0.3, -0.25) is 9.69 Å². The number of esters is 1. The Morgan fingerprint density at radius 1 is 0.930 bits per heavy atom. The predicted octanol–water partition coefficient (Wildman–Crippen LogP) is 3.66.